The highest BCUT2D eigenvalue weighted by Gasteiger charge is 2.14. The number of hydrogen-bond donors (Lipinski definition) is 0. The van der Waals surface area contributed by atoms with Crippen LogP contribution in [0.3, 0.4) is 0 Å². The van der Waals surface area contributed by atoms with Crippen LogP contribution in [0, 0.1) is 0 Å². The smallest absolute Gasteiger partial charge is 0.161 e. The van der Waals surface area contributed by atoms with Gasteiger partial charge in [-0.05, 0) is 39.8 Å². The Bertz CT molecular complexity index is 300. The second-order valence-corrected chi connectivity index (χ2v) is 4.09. The van der Waals surface area contributed by atoms with Crippen molar-refractivity contribution in [3.63, 3.8) is 0 Å². The summed E-state index contributed by atoms with van der Waals surface area (Å²) in [6, 6.07) is 7.74. The molecule has 2 heteroatoms. The van der Waals surface area contributed by atoms with Crippen molar-refractivity contribution in [2.75, 3.05) is 6.61 Å². The third-order valence-corrected chi connectivity index (χ3v) is 1.57. The zero-order chi connectivity index (χ0) is 12.6. The van der Waals surface area contributed by atoms with Crippen LogP contribution in [0.15, 0.2) is 37.4 Å². The maximum atomic E-state index is 5.76. The molecule has 0 unspecified atom stereocenters. The maximum absolute atomic E-state index is 5.76. The van der Waals surface area contributed by atoms with Crippen LogP contribution in [-0.4, -0.2) is 12.2 Å². The van der Waals surface area contributed by atoms with E-state index in [9.17, 15) is 0 Å². The number of hydrogen-bond acceptors (Lipinski definition) is 2. The maximum Gasteiger partial charge on any atom is 0.161 e. The van der Waals surface area contributed by atoms with Gasteiger partial charge in [-0.3, -0.25) is 0 Å². The summed E-state index contributed by atoms with van der Waals surface area (Å²) in [6.45, 7) is 14.7. The lowest BCUT2D eigenvalue weighted by molar-refractivity contribution is 0.124. The molecule has 16 heavy (non-hydrogen) atoms. The van der Waals surface area contributed by atoms with E-state index in [2.05, 4.69) is 13.2 Å². The molecule has 0 atom stereocenters. The number of benzene rings is 1. The van der Waals surface area contributed by atoms with Gasteiger partial charge in [0.15, 0.2) is 11.5 Å². The fourth-order valence-electron chi connectivity index (χ4n) is 1.14. The molecule has 0 radical (unpaired) electrons. The van der Waals surface area contributed by atoms with Crippen molar-refractivity contribution in [3.8, 4) is 11.5 Å². The summed E-state index contributed by atoms with van der Waals surface area (Å²) in [7, 11) is 0. The van der Waals surface area contributed by atoms with Crippen LogP contribution in [0.2, 0.25) is 0 Å². The normalized spacial score (nSPS) is 10.0. The molecule has 0 N–H and O–H groups in total. The van der Waals surface area contributed by atoms with Crippen LogP contribution < -0.4 is 9.47 Å². The van der Waals surface area contributed by atoms with E-state index in [4.69, 9.17) is 9.47 Å². The Morgan fingerprint density at radius 1 is 1.06 bits per heavy atom. The minimum absolute atomic E-state index is 0.187. The first-order valence-electron chi connectivity index (χ1n) is 5.44. The van der Waals surface area contributed by atoms with E-state index in [1.54, 1.807) is 0 Å². The Morgan fingerprint density at radius 3 is 2.00 bits per heavy atom. The zero-order valence-electron chi connectivity index (χ0n) is 10.7. The third kappa shape index (κ3) is 5.44. The molecule has 0 heterocycles. The molecule has 0 saturated carbocycles. The van der Waals surface area contributed by atoms with Gasteiger partial charge in [-0.2, -0.15) is 0 Å². The highest BCUT2D eigenvalue weighted by Crippen LogP contribution is 2.29. The summed E-state index contributed by atoms with van der Waals surface area (Å²) in [5.74, 6) is 1.62. The van der Waals surface area contributed by atoms with E-state index >= 15 is 0 Å². The Morgan fingerprint density at radius 2 is 1.56 bits per heavy atom. The Labute approximate surface area is 98.9 Å². The highest BCUT2D eigenvalue weighted by molar-refractivity contribution is 5.39. The van der Waals surface area contributed by atoms with E-state index < -0.39 is 0 Å². The molecule has 2 nitrogen and oxygen atoms in total. The van der Waals surface area contributed by atoms with Crippen molar-refractivity contribution in [1.29, 1.82) is 0 Å². The molecular formula is C14H22O2. The fraction of sp³-hybridized carbons (Fsp3) is 0.429. The molecule has 0 aliphatic rings. The minimum Gasteiger partial charge on any atom is -0.490 e. The molecule has 0 amide bonds. The van der Waals surface area contributed by atoms with E-state index in [1.165, 1.54) is 0 Å². The average Bonchev–Trinajstić information content (AvgIpc) is 2.22. The average molecular weight is 222 g/mol. The van der Waals surface area contributed by atoms with Gasteiger partial charge in [0.2, 0.25) is 0 Å². The van der Waals surface area contributed by atoms with E-state index in [-0.39, 0.29) is 5.60 Å². The zero-order valence-corrected chi connectivity index (χ0v) is 10.7. The SMILES string of the molecule is C=C.CCOc1ccccc1OC(C)(C)C. The van der Waals surface area contributed by atoms with Gasteiger partial charge in [0.05, 0.1) is 6.61 Å². The van der Waals surface area contributed by atoms with Gasteiger partial charge in [0.1, 0.15) is 5.60 Å². The molecule has 0 aromatic heterocycles. The monoisotopic (exact) mass is 222 g/mol. The predicted octanol–water partition coefficient (Wildman–Crippen LogP) is 4.06. The van der Waals surface area contributed by atoms with Crippen LogP contribution >= 0.6 is 0 Å². The molecule has 0 saturated heterocycles. The van der Waals surface area contributed by atoms with Crippen molar-refractivity contribution in [2.24, 2.45) is 0 Å². The molecule has 1 aromatic carbocycles. The summed E-state index contributed by atoms with van der Waals surface area (Å²) in [5.41, 5.74) is -0.187. The fourth-order valence-corrected chi connectivity index (χ4v) is 1.14. The molecule has 1 rings (SSSR count). The van der Waals surface area contributed by atoms with E-state index in [1.807, 2.05) is 52.0 Å². The van der Waals surface area contributed by atoms with Gasteiger partial charge in [-0.25, -0.2) is 0 Å². The summed E-state index contributed by atoms with van der Waals surface area (Å²) in [5, 5.41) is 0. The molecule has 0 spiro atoms. The minimum atomic E-state index is -0.187. The predicted molar refractivity (Wildman–Crippen MR) is 69.2 cm³/mol. The van der Waals surface area contributed by atoms with Crippen molar-refractivity contribution in [2.45, 2.75) is 33.3 Å². The topological polar surface area (TPSA) is 18.5 Å². The van der Waals surface area contributed by atoms with Crippen molar-refractivity contribution >= 4 is 0 Å². The first-order chi connectivity index (χ1) is 7.53. The lowest BCUT2D eigenvalue weighted by Crippen LogP contribution is -2.23. The Hall–Kier alpha value is -1.44. The third-order valence-electron chi connectivity index (χ3n) is 1.57. The molecule has 0 bridgehead atoms. The summed E-state index contributed by atoms with van der Waals surface area (Å²) < 4.78 is 11.2. The highest BCUT2D eigenvalue weighted by atomic mass is 16.5. The summed E-state index contributed by atoms with van der Waals surface area (Å²) in [6.07, 6.45) is 0. The Kier molecular flexibility index (Phi) is 6.31. The molecular weight excluding hydrogens is 200 g/mol. The summed E-state index contributed by atoms with van der Waals surface area (Å²) >= 11 is 0. The standard InChI is InChI=1S/C12H18O2.C2H4/c1-5-13-10-8-6-7-9-11(10)14-12(2,3)4;1-2/h6-9H,5H2,1-4H3;1-2H2. The molecule has 0 aliphatic carbocycles. The van der Waals surface area contributed by atoms with Gasteiger partial charge >= 0.3 is 0 Å². The van der Waals surface area contributed by atoms with Gasteiger partial charge in [0.25, 0.3) is 0 Å². The van der Waals surface area contributed by atoms with Crippen molar-refractivity contribution in [1.82, 2.24) is 0 Å². The first-order valence-corrected chi connectivity index (χ1v) is 5.44. The van der Waals surface area contributed by atoms with Gasteiger partial charge in [-0.15, -0.1) is 13.2 Å². The number of para-hydroxylation sites is 2. The second kappa shape index (κ2) is 6.94. The lowest BCUT2D eigenvalue weighted by Gasteiger charge is -2.22. The molecule has 0 fully saturated rings. The van der Waals surface area contributed by atoms with Crippen LogP contribution in [0.25, 0.3) is 0 Å². The van der Waals surface area contributed by atoms with Crippen LogP contribution in [0.5, 0.6) is 11.5 Å². The lowest BCUT2D eigenvalue weighted by atomic mass is 10.2. The van der Waals surface area contributed by atoms with Crippen LogP contribution in [0.1, 0.15) is 27.7 Å². The second-order valence-electron chi connectivity index (χ2n) is 4.09. The van der Waals surface area contributed by atoms with E-state index in [0.717, 1.165) is 11.5 Å². The Balaban J connectivity index is 0.00000106. The van der Waals surface area contributed by atoms with Gasteiger partial charge < -0.3 is 9.47 Å². The first kappa shape index (κ1) is 14.6. The van der Waals surface area contributed by atoms with Gasteiger partial charge in [0, 0.05) is 0 Å². The van der Waals surface area contributed by atoms with E-state index in [0.29, 0.717) is 6.61 Å². The quantitative estimate of drug-likeness (QED) is 0.718. The van der Waals surface area contributed by atoms with Crippen LogP contribution in [-0.2, 0) is 0 Å². The van der Waals surface area contributed by atoms with Crippen LogP contribution in [0.4, 0.5) is 0 Å². The largest absolute Gasteiger partial charge is 0.490 e. The summed E-state index contributed by atoms with van der Waals surface area (Å²) in [4.78, 5) is 0. The van der Waals surface area contributed by atoms with Crippen molar-refractivity contribution < 1.29 is 9.47 Å². The van der Waals surface area contributed by atoms with Gasteiger partial charge in [-0.1, -0.05) is 12.1 Å². The van der Waals surface area contributed by atoms with Crippen molar-refractivity contribution in [3.05, 3.63) is 37.4 Å². The number of rotatable bonds is 3. The molecule has 1 aromatic rings. The number of ether oxygens (including phenoxy) is 2. The molecule has 0 aliphatic heterocycles. The molecule has 90 valence electrons.